The first-order valence-corrected chi connectivity index (χ1v) is 7.23. The van der Waals surface area contributed by atoms with E-state index in [9.17, 15) is 9.59 Å². The smallest absolute Gasteiger partial charge is 0.371 e. The molecule has 5 nitrogen and oxygen atoms in total. The summed E-state index contributed by atoms with van der Waals surface area (Å²) < 4.78 is 5.19. The fraction of sp³-hybridized carbons (Fsp3) is 0. The summed E-state index contributed by atoms with van der Waals surface area (Å²) in [6.07, 6.45) is 0. The SMILES string of the molecule is O=C(Nc1ccc(Cl)c(Cl)c1)c1ccc2cc(C(=O)O)oc2c1. The number of hydrogen-bond acceptors (Lipinski definition) is 3. The molecule has 2 N–H and O–H groups in total. The maximum atomic E-state index is 12.2. The summed E-state index contributed by atoms with van der Waals surface area (Å²) in [5, 5.41) is 12.9. The van der Waals surface area contributed by atoms with Gasteiger partial charge in [-0.05, 0) is 36.4 Å². The molecular weight excluding hydrogens is 341 g/mol. The number of nitrogens with one attached hydrogen (secondary N) is 1. The van der Waals surface area contributed by atoms with Crippen LogP contribution in [-0.2, 0) is 0 Å². The second kappa shape index (κ2) is 5.95. The molecule has 0 spiro atoms. The van der Waals surface area contributed by atoms with Crippen LogP contribution in [0.3, 0.4) is 0 Å². The number of fused-ring (bicyclic) bond motifs is 1. The van der Waals surface area contributed by atoms with Crippen molar-refractivity contribution in [2.75, 3.05) is 5.32 Å². The van der Waals surface area contributed by atoms with Gasteiger partial charge in [-0.15, -0.1) is 0 Å². The lowest BCUT2D eigenvalue weighted by molar-refractivity contribution is 0.0665. The summed E-state index contributed by atoms with van der Waals surface area (Å²) in [6, 6.07) is 10.8. The lowest BCUT2D eigenvalue weighted by Gasteiger charge is -2.06. The molecule has 0 atom stereocenters. The van der Waals surface area contributed by atoms with Gasteiger partial charge in [0.2, 0.25) is 5.76 Å². The van der Waals surface area contributed by atoms with Crippen LogP contribution in [0.5, 0.6) is 0 Å². The van der Waals surface area contributed by atoms with Crippen LogP contribution in [0.25, 0.3) is 11.0 Å². The van der Waals surface area contributed by atoms with Gasteiger partial charge >= 0.3 is 5.97 Å². The zero-order valence-corrected chi connectivity index (χ0v) is 13.0. The Morgan fingerprint density at radius 3 is 2.48 bits per heavy atom. The van der Waals surface area contributed by atoms with Crippen LogP contribution < -0.4 is 5.32 Å². The number of carbonyl (C=O) groups is 2. The van der Waals surface area contributed by atoms with Gasteiger partial charge in [-0.1, -0.05) is 29.3 Å². The monoisotopic (exact) mass is 349 g/mol. The number of anilines is 1. The third kappa shape index (κ3) is 3.16. The maximum Gasteiger partial charge on any atom is 0.371 e. The third-order valence-electron chi connectivity index (χ3n) is 3.17. The number of halogens is 2. The molecule has 0 unspecified atom stereocenters. The average Bonchev–Trinajstić information content (AvgIpc) is 2.94. The molecule has 3 rings (SSSR count). The Balaban J connectivity index is 1.88. The van der Waals surface area contributed by atoms with Crippen LogP contribution in [0.2, 0.25) is 10.0 Å². The molecule has 0 saturated carbocycles. The second-order valence-corrected chi connectivity index (χ2v) is 5.57. The fourth-order valence-corrected chi connectivity index (χ4v) is 2.35. The van der Waals surface area contributed by atoms with Crippen molar-refractivity contribution in [3.05, 3.63) is 63.8 Å². The van der Waals surface area contributed by atoms with Crippen molar-refractivity contribution < 1.29 is 19.1 Å². The first kappa shape index (κ1) is 15.4. The molecule has 2 aromatic carbocycles. The number of aromatic carboxylic acids is 1. The van der Waals surface area contributed by atoms with E-state index in [2.05, 4.69) is 5.32 Å². The number of rotatable bonds is 3. The van der Waals surface area contributed by atoms with Crippen LogP contribution in [0.1, 0.15) is 20.9 Å². The van der Waals surface area contributed by atoms with Gasteiger partial charge in [-0.3, -0.25) is 4.79 Å². The summed E-state index contributed by atoms with van der Waals surface area (Å²) in [5.41, 5.74) is 1.15. The van der Waals surface area contributed by atoms with Gasteiger partial charge in [0.05, 0.1) is 10.0 Å². The van der Waals surface area contributed by atoms with E-state index >= 15 is 0 Å². The van der Waals surface area contributed by atoms with Crippen LogP contribution >= 0.6 is 23.2 Å². The molecular formula is C16H9Cl2NO4. The van der Waals surface area contributed by atoms with Gasteiger partial charge in [0.15, 0.2) is 0 Å². The van der Waals surface area contributed by atoms with Gasteiger partial charge in [0, 0.05) is 16.6 Å². The highest BCUT2D eigenvalue weighted by Gasteiger charge is 2.13. The summed E-state index contributed by atoms with van der Waals surface area (Å²) in [4.78, 5) is 23.1. The Labute approximate surface area is 140 Å². The van der Waals surface area contributed by atoms with Crippen molar-refractivity contribution in [1.82, 2.24) is 0 Å². The van der Waals surface area contributed by atoms with Crippen molar-refractivity contribution in [3.8, 4) is 0 Å². The van der Waals surface area contributed by atoms with Gasteiger partial charge in [-0.2, -0.15) is 0 Å². The normalized spacial score (nSPS) is 10.7. The molecule has 116 valence electrons. The minimum absolute atomic E-state index is 0.179. The number of amides is 1. The van der Waals surface area contributed by atoms with E-state index in [-0.39, 0.29) is 11.7 Å². The molecule has 1 aromatic heterocycles. The summed E-state index contributed by atoms with van der Waals surface area (Å²) in [5.74, 6) is -1.72. The Hall–Kier alpha value is -2.50. The third-order valence-corrected chi connectivity index (χ3v) is 3.91. The molecule has 1 amide bonds. The van der Waals surface area contributed by atoms with E-state index in [0.29, 0.717) is 32.3 Å². The molecule has 0 radical (unpaired) electrons. The highest BCUT2D eigenvalue weighted by atomic mass is 35.5. The standard InChI is InChI=1S/C16H9Cl2NO4/c17-11-4-3-10(7-12(11)18)19-15(20)9-2-1-8-5-14(16(21)22)23-13(8)6-9/h1-7H,(H,19,20)(H,21,22). The van der Waals surface area contributed by atoms with E-state index in [1.165, 1.54) is 18.2 Å². The first-order valence-electron chi connectivity index (χ1n) is 6.47. The average molecular weight is 350 g/mol. The lowest BCUT2D eigenvalue weighted by Crippen LogP contribution is -2.11. The molecule has 0 saturated heterocycles. The first-order chi connectivity index (χ1) is 10.9. The summed E-state index contributed by atoms with van der Waals surface area (Å²) in [6.45, 7) is 0. The molecule has 0 bridgehead atoms. The van der Waals surface area contributed by atoms with Crippen molar-refractivity contribution >= 4 is 51.7 Å². The highest BCUT2D eigenvalue weighted by molar-refractivity contribution is 6.42. The largest absolute Gasteiger partial charge is 0.475 e. The van der Waals surface area contributed by atoms with E-state index in [0.717, 1.165) is 0 Å². The minimum Gasteiger partial charge on any atom is -0.475 e. The lowest BCUT2D eigenvalue weighted by atomic mass is 10.1. The Kier molecular flexibility index (Phi) is 3.98. The summed E-state index contributed by atoms with van der Waals surface area (Å²) >= 11 is 11.7. The topological polar surface area (TPSA) is 79.5 Å². The predicted molar refractivity (Wildman–Crippen MR) is 87.6 cm³/mol. The quantitative estimate of drug-likeness (QED) is 0.718. The van der Waals surface area contributed by atoms with Crippen molar-refractivity contribution in [2.45, 2.75) is 0 Å². The maximum absolute atomic E-state index is 12.2. The van der Waals surface area contributed by atoms with Gasteiger partial charge in [-0.25, -0.2) is 4.79 Å². The number of carboxylic acid groups (broad SMARTS) is 1. The molecule has 23 heavy (non-hydrogen) atoms. The van der Waals surface area contributed by atoms with Crippen molar-refractivity contribution in [3.63, 3.8) is 0 Å². The molecule has 1 heterocycles. The van der Waals surface area contributed by atoms with Crippen molar-refractivity contribution in [1.29, 1.82) is 0 Å². The van der Waals surface area contributed by atoms with Gasteiger partial charge in [0.1, 0.15) is 5.58 Å². The van der Waals surface area contributed by atoms with Crippen LogP contribution in [0.4, 0.5) is 5.69 Å². The van der Waals surface area contributed by atoms with Crippen LogP contribution in [0, 0.1) is 0 Å². The number of furan rings is 1. The Bertz CT molecular complexity index is 933. The molecule has 0 aliphatic rings. The molecule has 0 aliphatic heterocycles. The number of hydrogen-bond donors (Lipinski definition) is 2. The Morgan fingerprint density at radius 1 is 1.00 bits per heavy atom. The van der Waals surface area contributed by atoms with Crippen molar-refractivity contribution in [2.24, 2.45) is 0 Å². The molecule has 7 heteroatoms. The zero-order chi connectivity index (χ0) is 16.6. The second-order valence-electron chi connectivity index (χ2n) is 4.75. The number of carboxylic acids is 1. The van der Waals surface area contributed by atoms with E-state index in [1.54, 1.807) is 24.3 Å². The number of carbonyl (C=O) groups excluding carboxylic acids is 1. The number of benzene rings is 2. The van der Waals surface area contributed by atoms with E-state index < -0.39 is 5.97 Å². The summed E-state index contributed by atoms with van der Waals surface area (Å²) in [7, 11) is 0. The zero-order valence-electron chi connectivity index (χ0n) is 11.5. The van der Waals surface area contributed by atoms with Gasteiger partial charge < -0.3 is 14.8 Å². The Morgan fingerprint density at radius 2 is 1.78 bits per heavy atom. The molecule has 0 aliphatic carbocycles. The van der Waals surface area contributed by atoms with Crippen LogP contribution in [0.15, 0.2) is 46.9 Å². The fourth-order valence-electron chi connectivity index (χ4n) is 2.05. The van der Waals surface area contributed by atoms with E-state index in [1.807, 2.05) is 0 Å². The highest BCUT2D eigenvalue weighted by Crippen LogP contribution is 2.26. The van der Waals surface area contributed by atoms with Crippen LogP contribution in [-0.4, -0.2) is 17.0 Å². The predicted octanol–water partition coefficient (Wildman–Crippen LogP) is 4.69. The molecule has 0 fully saturated rings. The van der Waals surface area contributed by atoms with E-state index in [4.69, 9.17) is 32.7 Å². The minimum atomic E-state index is -1.16. The van der Waals surface area contributed by atoms with Gasteiger partial charge in [0.25, 0.3) is 5.91 Å². The molecule has 3 aromatic rings.